The van der Waals surface area contributed by atoms with Crippen LogP contribution in [0.1, 0.15) is 71.6 Å². The monoisotopic (exact) mass is 565 g/mol. The number of hydrogen-bond acceptors (Lipinski definition) is 4. The number of nitrogens with zero attached hydrogens (tertiary/aromatic N) is 2. The van der Waals surface area contributed by atoms with E-state index < -0.39 is 0 Å². The van der Waals surface area contributed by atoms with Crippen molar-refractivity contribution >= 4 is 23.6 Å². The van der Waals surface area contributed by atoms with Crippen molar-refractivity contribution in [2.45, 2.75) is 71.6 Å². The zero-order chi connectivity index (χ0) is 29.5. The predicted molar refractivity (Wildman–Crippen MR) is 169 cm³/mol. The Bertz CT molecular complexity index is 1400. The third-order valence-electron chi connectivity index (χ3n) is 8.40. The molecule has 0 bridgehead atoms. The summed E-state index contributed by atoms with van der Waals surface area (Å²) in [7, 11) is 0. The van der Waals surface area contributed by atoms with Gasteiger partial charge in [-0.2, -0.15) is 0 Å². The molecule has 1 N–H and O–H groups in total. The van der Waals surface area contributed by atoms with E-state index in [1.807, 2.05) is 35.2 Å². The van der Waals surface area contributed by atoms with Gasteiger partial charge in [0.15, 0.2) is 5.76 Å². The van der Waals surface area contributed by atoms with Crippen molar-refractivity contribution in [2.75, 3.05) is 24.5 Å². The Morgan fingerprint density at radius 1 is 1.00 bits per heavy atom. The van der Waals surface area contributed by atoms with Crippen molar-refractivity contribution < 1.29 is 14.3 Å². The fourth-order valence-corrected chi connectivity index (χ4v) is 6.00. The number of fused-ring (bicyclic) bond motifs is 1. The molecule has 1 aliphatic carbocycles. The van der Waals surface area contributed by atoms with Gasteiger partial charge in [-0.3, -0.25) is 9.59 Å². The summed E-state index contributed by atoms with van der Waals surface area (Å²) < 4.78 is 6.29. The van der Waals surface area contributed by atoms with Crippen LogP contribution in [0.2, 0.25) is 0 Å². The van der Waals surface area contributed by atoms with Gasteiger partial charge < -0.3 is 19.9 Å². The number of hydrogen-bond donors (Lipinski definition) is 1. The summed E-state index contributed by atoms with van der Waals surface area (Å²) in [5.41, 5.74) is 6.25. The number of carbonyl (C=O) groups is 2. The van der Waals surface area contributed by atoms with Gasteiger partial charge in [-0.1, -0.05) is 60.5 Å². The number of aryl methyl sites for hydroxylation is 2. The first-order chi connectivity index (χ1) is 20.4. The molecule has 6 heteroatoms. The molecular formula is C36H43N3O3. The maximum Gasteiger partial charge on any atom is 0.289 e. The van der Waals surface area contributed by atoms with Gasteiger partial charge in [-0.15, -0.1) is 0 Å². The van der Waals surface area contributed by atoms with Gasteiger partial charge in [0.1, 0.15) is 6.10 Å². The van der Waals surface area contributed by atoms with Crippen LogP contribution in [0.15, 0.2) is 78.6 Å². The first kappa shape index (κ1) is 29.4. The molecule has 0 aromatic heterocycles. The van der Waals surface area contributed by atoms with Crippen LogP contribution >= 0.6 is 0 Å². The Kier molecular flexibility index (Phi) is 9.63. The lowest BCUT2D eigenvalue weighted by atomic mass is 9.89. The smallest absolute Gasteiger partial charge is 0.289 e. The highest BCUT2D eigenvalue weighted by atomic mass is 16.5. The number of anilines is 1. The molecular weight excluding hydrogens is 522 g/mol. The molecule has 3 aromatic rings. The summed E-state index contributed by atoms with van der Waals surface area (Å²) in [4.78, 5) is 30.7. The summed E-state index contributed by atoms with van der Waals surface area (Å²) >= 11 is 0. The molecule has 1 aliphatic heterocycles. The molecule has 2 amide bonds. The van der Waals surface area contributed by atoms with E-state index >= 15 is 0 Å². The lowest BCUT2D eigenvalue weighted by molar-refractivity contribution is -0.149. The van der Waals surface area contributed by atoms with Gasteiger partial charge >= 0.3 is 0 Å². The first-order valence-corrected chi connectivity index (χ1v) is 15.4. The number of carbonyl (C=O) groups excluding carboxylic acids is 2. The summed E-state index contributed by atoms with van der Waals surface area (Å²) in [5, 5.41) is 3.05. The Labute approximate surface area is 250 Å². The standard InChI is InChI=1S/C36H43N3O3/c1-4-38(31-10-7-9-27(3)23-31)22-8-21-37-35(40)30-19-17-28(18-20-30)24-34-36(41)39(25-29-15-13-26(2)14-16-29)32-11-5-6-12-33(32)42-34/h7,9-10,13-20,23-24,32-33H,4-6,8,11-12,21-22,25H2,1-3H3,(H,37,40)/b34-24+. The highest BCUT2D eigenvalue weighted by molar-refractivity contribution is 5.97. The van der Waals surface area contributed by atoms with Crippen LogP contribution in [0.4, 0.5) is 5.69 Å². The number of morpholine rings is 1. The third-order valence-corrected chi connectivity index (χ3v) is 8.40. The second kappa shape index (κ2) is 13.7. The van der Waals surface area contributed by atoms with E-state index in [1.165, 1.54) is 16.8 Å². The summed E-state index contributed by atoms with van der Waals surface area (Å²) in [5.74, 6) is 0.232. The number of amides is 2. The van der Waals surface area contributed by atoms with E-state index in [0.717, 1.165) is 56.3 Å². The Balaban J connectivity index is 1.19. The fourth-order valence-electron chi connectivity index (χ4n) is 6.00. The highest BCUT2D eigenvalue weighted by Gasteiger charge is 2.41. The molecule has 0 spiro atoms. The zero-order valence-electron chi connectivity index (χ0n) is 25.1. The largest absolute Gasteiger partial charge is 0.482 e. The Morgan fingerprint density at radius 3 is 2.50 bits per heavy atom. The van der Waals surface area contributed by atoms with Crippen LogP contribution in [-0.4, -0.2) is 48.5 Å². The minimum Gasteiger partial charge on any atom is -0.482 e. The van der Waals surface area contributed by atoms with Crippen LogP contribution in [0.5, 0.6) is 0 Å². The van der Waals surface area contributed by atoms with Crippen LogP contribution in [0, 0.1) is 13.8 Å². The zero-order valence-corrected chi connectivity index (χ0v) is 25.1. The van der Waals surface area contributed by atoms with E-state index in [4.69, 9.17) is 4.74 Å². The molecule has 2 aliphatic rings. The third kappa shape index (κ3) is 7.22. The van der Waals surface area contributed by atoms with Gasteiger partial charge in [0.2, 0.25) is 0 Å². The lowest BCUT2D eigenvalue weighted by Gasteiger charge is -2.44. The minimum atomic E-state index is -0.0906. The second-order valence-electron chi connectivity index (χ2n) is 11.6. The van der Waals surface area contributed by atoms with E-state index in [2.05, 4.69) is 79.5 Å². The quantitative estimate of drug-likeness (QED) is 0.221. The van der Waals surface area contributed by atoms with Crippen molar-refractivity contribution in [3.63, 3.8) is 0 Å². The second-order valence-corrected chi connectivity index (χ2v) is 11.6. The lowest BCUT2D eigenvalue weighted by Crippen LogP contribution is -2.54. The number of rotatable bonds is 10. The number of benzene rings is 3. The average Bonchev–Trinajstić information content (AvgIpc) is 3.00. The Hall–Kier alpha value is -4.06. The van der Waals surface area contributed by atoms with E-state index in [0.29, 0.717) is 24.4 Å². The summed E-state index contributed by atoms with van der Waals surface area (Å²) in [6.45, 7) is 9.32. The van der Waals surface area contributed by atoms with Crippen LogP contribution in [0.3, 0.4) is 0 Å². The van der Waals surface area contributed by atoms with Crippen LogP contribution in [-0.2, 0) is 16.1 Å². The Morgan fingerprint density at radius 2 is 1.76 bits per heavy atom. The molecule has 6 nitrogen and oxygen atoms in total. The normalized spacial score (nSPS) is 19.3. The van der Waals surface area contributed by atoms with Gasteiger partial charge in [0.05, 0.1) is 6.04 Å². The van der Waals surface area contributed by atoms with Crippen molar-refractivity contribution in [1.82, 2.24) is 10.2 Å². The SMILES string of the molecule is CCN(CCCNC(=O)c1ccc(/C=C2/OC3CCCCC3N(Cc3ccc(C)cc3)C2=O)cc1)c1cccc(C)c1. The molecule has 5 rings (SSSR count). The predicted octanol–water partition coefficient (Wildman–Crippen LogP) is 6.66. The molecule has 2 unspecified atom stereocenters. The van der Waals surface area contributed by atoms with Crippen LogP contribution < -0.4 is 10.2 Å². The topological polar surface area (TPSA) is 61.9 Å². The van der Waals surface area contributed by atoms with Gasteiger partial charge in [0.25, 0.3) is 11.8 Å². The van der Waals surface area contributed by atoms with Crippen molar-refractivity contribution in [2.24, 2.45) is 0 Å². The average molecular weight is 566 g/mol. The molecule has 42 heavy (non-hydrogen) atoms. The number of ether oxygens (including phenoxy) is 1. The maximum absolute atomic E-state index is 13.6. The summed E-state index contributed by atoms with van der Waals surface area (Å²) in [6.07, 6.45) is 6.87. The van der Waals surface area contributed by atoms with Crippen LogP contribution in [0.25, 0.3) is 6.08 Å². The fraction of sp³-hybridized carbons (Fsp3) is 0.389. The molecule has 3 aromatic carbocycles. The number of nitrogens with one attached hydrogen (secondary N) is 1. The maximum atomic E-state index is 13.6. The molecule has 2 atom stereocenters. The van der Waals surface area contributed by atoms with Crippen molar-refractivity contribution in [3.05, 3.63) is 106 Å². The van der Waals surface area contributed by atoms with Gasteiger partial charge in [0, 0.05) is 37.4 Å². The van der Waals surface area contributed by atoms with E-state index in [1.54, 1.807) is 0 Å². The molecule has 1 saturated carbocycles. The molecule has 1 saturated heterocycles. The van der Waals surface area contributed by atoms with Gasteiger partial charge in [-0.25, -0.2) is 0 Å². The highest BCUT2D eigenvalue weighted by Crippen LogP contribution is 2.34. The summed E-state index contributed by atoms with van der Waals surface area (Å²) in [6, 6.07) is 24.4. The first-order valence-electron chi connectivity index (χ1n) is 15.4. The molecule has 0 radical (unpaired) electrons. The van der Waals surface area contributed by atoms with E-state index in [9.17, 15) is 9.59 Å². The van der Waals surface area contributed by atoms with Crippen molar-refractivity contribution in [1.29, 1.82) is 0 Å². The molecule has 220 valence electrons. The molecule has 2 fully saturated rings. The van der Waals surface area contributed by atoms with Gasteiger partial charge in [-0.05, 0) is 93.5 Å². The molecule has 1 heterocycles. The van der Waals surface area contributed by atoms with Crippen molar-refractivity contribution in [3.8, 4) is 0 Å². The minimum absolute atomic E-state index is 0.0211. The van der Waals surface area contributed by atoms with E-state index in [-0.39, 0.29) is 24.0 Å².